The molecule has 98 valence electrons. The molecule has 0 saturated heterocycles. The number of halogens is 1. The molecule has 0 aliphatic rings. The van der Waals surface area contributed by atoms with Crippen molar-refractivity contribution in [2.45, 2.75) is 13.0 Å². The lowest BCUT2D eigenvalue weighted by molar-refractivity contribution is 0.0697. The first-order chi connectivity index (χ1) is 8.99. The van der Waals surface area contributed by atoms with Crippen molar-refractivity contribution in [1.82, 2.24) is 0 Å². The Morgan fingerprint density at radius 1 is 1.21 bits per heavy atom. The van der Waals surface area contributed by atoms with Crippen molar-refractivity contribution in [3.63, 3.8) is 0 Å². The minimum absolute atomic E-state index is 0.174. The topological polar surface area (TPSA) is 63.3 Å². The van der Waals surface area contributed by atoms with Gasteiger partial charge in [0.1, 0.15) is 5.82 Å². The van der Waals surface area contributed by atoms with Crippen molar-refractivity contribution in [2.75, 3.05) is 0 Å². The molecule has 0 saturated carbocycles. The number of rotatable bonds is 3. The fraction of sp³-hybridized carbons (Fsp3) is 0.133. The van der Waals surface area contributed by atoms with E-state index in [4.69, 9.17) is 10.8 Å². The molecule has 3 N–H and O–H groups in total. The molecule has 2 rings (SSSR count). The van der Waals surface area contributed by atoms with Crippen LogP contribution >= 0.6 is 0 Å². The van der Waals surface area contributed by atoms with E-state index in [1.54, 1.807) is 24.3 Å². The Bertz CT molecular complexity index is 606. The van der Waals surface area contributed by atoms with E-state index in [0.717, 1.165) is 5.56 Å². The normalized spacial score (nSPS) is 12.2. The molecule has 0 radical (unpaired) electrons. The number of carboxylic acids is 1. The van der Waals surface area contributed by atoms with Crippen LogP contribution in [0.25, 0.3) is 11.1 Å². The van der Waals surface area contributed by atoms with E-state index in [1.807, 2.05) is 6.92 Å². The molecule has 0 fully saturated rings. The third kappa shape index (κ3) is 2.80. The van der Waals surface area contributed by atoms with Crippen LogP contribution in [0.3, 0.4) is 0 Å². The molecule has 0 heterocycles. The quantitative estimate of drug-likeness (QED) is 0.889. The lowest BCUT2D eigenvalue weighted by Crippen LogP contribution is -2.05. The molecule has 0 aromatic heterocycles. The molecule has 0 amide bonds. The zero-order valence-electron chi connectivity index (χ0n) is 10.4. The molecule has 2 aromatic rings. The van der Waals surface area contributed by atoms with Crippen molar-refractivity contribution in [2.24, 2.45) is 5.73 Å². The summed E-state index contributed by atoms with van der Waals surface area (Å²) in [5.74, 6) is -1.36. The summed E-state index contributed by atoms with van der Waals surface area (Å²) in [6.07, 6.45) is 0. The Balaban J connectivity index is 2.45. The van der Waals surface area contributed by atoms with E-state index >= 15 is 0 Å². The van der Waals surface area contributed by atoms with Gasteiger partial charge in [0.15, 0.2) is 0 Å². The van der Waals surface area contributed by atoms with Gasteiger partial charge in [-0.05, 0) is 42.3 Å². The van der Waals surface area contributed by atoms with Gasteiger partial charge in [0.2, 0.25) is 0 Å². The van der Waals surface area contributed by atoms with Crippen LogP contribution in [-0.4, -0.2) is 11.1 Å². The predicted octanol–water partition coefficient (Wildman–Crippen LogP) is 3.21. The second kappa shape index (κ2) is 5.20. The smallest absolute Gasteiger partial charge is 0.335 e. The van der Waals surface area contributed by atoms with Crippen LogP contribution < -0.4 is 5.73 Å². The summed E-state index contributed by atoms with van der Waals surface area (Å²) in [4.78, 5) is 10.8. The second-order valence-electron chi connectivity index (χ2n) is 4.41. The zero-order valence-corrected chi connectivity index (χ0v) is 10.4. The SMILES string of the molecule is CC(N)c1ccc(F)c(-c2ccc(C(=O)O)cc2)c1. The van der Waals surface area contributed by atoms with Crippen molar-refractivity contribution in [3.05, 3.63) is 59.4 Å². The number of carboxylic acid groups (broad SMARTS) is 1. The number of aromatic carboxylic acids is 1. The summed E-state index contributed by atoms with van der Waals surface area (Å²) in [6.45, 7) is 1.82. The average molecular weight is 259 g/mol. The first-order valence-corrected chi connectivity index (χ1v) is 5.88. The molecule has 2 aromatic carbocycles. The lowest BCUT2D eigenvalue weighted by atomic mass is 9.99. The molecule has 1 atom stereocenters. The zero-order chi connectivity index (χ0) is 14.0. The number of nitrogens with two attached hydrogens (primary N) is 1. The van der Waals surface area contributed by atoms with Crippen LogP contribution in [-0.2, 0) is 0 Å². The predicted molar refractivity (Wildman–Crippen MR) is 71.4 cm³/mol. The van der Waals surface area contributed by atoms with Crippen molar-refractivity contribution in [1.29, 1.82) is 0 Å². The fourth-order valence-electron chi connectivity index (χ4n) is 1.84. The average Bonchev–Trinajstić information content (AvgIpc) is 2.39. The lowest BCUT2D eigenvalue weighted by Gasteiger charge is -2.10. The Kier molecular flexibility index (Phi) is 3.62. The highest BCUT2D eigenvalue weighted by Gasteiger charge is 2.09. The highest BCUT2D eigenvalue weighted by molar-refractivity contribution is 5.88. The minimum Gasteiger partial charge on any atom is -0.478 e. The summed E-state index contributed by atoms with van der Waals surface area (Å²) in [5.41, 5.74) is 7.83. The van der Waals surface area contributed by atoms with Gasteiger partial charge in [-0.3, -0.25) is 0 Å². The largest absolute Gasteiger partial charge is 0.478 e. The van der Waals surface area contributed by atoms with Gasteiger partial charge >= 0.3 is 5.97 Å². The van der Waals surface area contributed by atoms with Crippen LogP contribution in [0.15, 0.2) is 42.5 Å². The summed E-state index contributed by atoms with van der Waals surface area (Å²) in [5, 5.41) is 8.83. The monoisotopic (exact) mass is 259 g/mol. The number of benzene rings is 2. The summed E-state index contributed by atoms with van der Waals surface area (Å²) in [7, 11) is 0. The van der Waals surface area contributed by atoms with Gasteiger partial charge in [0.05, 0.1) is 5.56 Å². The van der Waals surface area contributed by atoms with Crippen molar-refractivity contribution >= 4 is 5.97 Å². The maximum absolute atomic E-state index is 13.8. The molecule has 0 aliphatic heterocycles. The number of hydrogen-bond donors (Lipinski definition) is 2. The Morgan fingerprint density at radius 3 is 2.37 bits per heavy atom. The van der Waals surface area contributed by atoms with Gasteiger partial charge in [-0.2, -0.15) is 0 Å². The third-order valence-electron chi connectivity index (χ3n) is 2.96. The maximum atomic E-state index is 13.8. The van der Waals surface area contributed by atoms with E-state index in [0.29, 0.717) is 11.1 Å². The van der Waals surface area contributed by atoms with E-state index < -0.39 is 5.97 Å². The molecule has 4 heteroatoms. The van der Waals surface area contributed by atoms with E-state index in [-0.39, 0.29) is 17.4 Å². The standard InChI is InChI=1S/C15H14FNO2/c1-9(17)12-6-7-14(16)13(8-12)10-2-4-11(5-3-10)15(18)19/h2-9H,17H2,1H3,(H,18,19). The molecule has 3 nitrogen and oxygen atoms in total. The van der Waals surface area contributed by atoms with E-state index in [2.05, 4.69) is 0 Å². The second-order valence-corrected chi connectivity index (χ2v) is 4.41. The van der Waals surface area contributed by atoms with Crippen molar-refractivity contribution in [3.8, 4) is 11.1 Å². The van der Waals surface area contributed by atoms with Gasteiger partial charge in [0.25, 0.3) is 0 Å². The van der Waals surface area contributed by atoms with Crippen LogP contribution in [0.4, 0.5) is 4.39 Å². The molecule has 0 aliphatic carbocycles. The molecule has 1 unspecified atom stereocenters. The Labute approximate surface area is 110 Å². The van der Waals surface area contributed by atoms with Gasteiger partial charge in [-0.25, -0.2) is 9.18 Å². The summed E-state index contributed by atoms with van der Waals surface area (Å²) < 4.78 is 13.8. The van der Waals surface area contributed by atoms with Gasteiger partial charge < -0.3 is 10.8 Å². The first-order valence-electron chi connectivity index (χ1n) is 5.88. The third-order valence-corrected chi connectivity index (χ3v) is 2.96. The molecular formula is C15H14FNO2. The van der Waals surface area contributed by atoms with Gasteiger partial charge in [0, 0.05) is 11.6 Å². The van der Waals surface area contributed by atoms with E-state index in [1.165, 1.54) is 18.2 Å². The minimum atomic E-state index is -1.00. The Morgan fingerprint density at radius 2 is 1.84 bits per heavy atom. The first kappa shape index (κ1) is 13.2. The molecule has 19 heavy (non-hydrogen) atoms. The van der Waals surface area contributed by atoms with Crippen molar-refractivity contribution < 1.29 is 14.3 Å². The maximum Gasteiger partial charge on any atom is 0.335 e. The van der Waals surface area contributed by atoms with Gasteiger partial charge in [-0.15, -0.1) is 0 Å². The van der Waals surface area contributed by atoms with Crippen LogP contribution in [0.2, 0.25) is 0 Å². The summed E-state index contributed by atoms with van der Waals surface area (Å²) >= 11 is 0. The van der Waals surface area contributed by atoms with Crippen LogP contribution in [0.5, 0.6) is 0 Å². The van der Waals surface area contributed by atoms with Gasteiger partial charge in [-0.1, -0.05) is 18.2 Å². The molecule has 0 bridgehead atoms. The molecule has 0 spiro atoms. The van der Waals surface area contributed by atoms with Crippen LogP contribution in [0.1, 0.15) is 28.9 Å². The fourth-order valence-corrected chi connectivity index (χ4v) is 1.84. The molecular weight excluding hydrogens is 245 g/mol. The van der Waals surface area contributed by atoms with Crippen LogP contribution in [0, 0.1) is 5.82 Å². The highest BCUT2D eigenvalue weighted by atomic mass is 19.1. The summed E-state index contributed by atoms with van der Waals surface area (Å²) in [6, 6.07) is 10.6. The Hall–Kier alpha value is -2.20. The number of carbonyl (C=O) groups is 1. The number of hydrogen-bond acceptors (Lipinski definition) is 2. The highest BCUT2D eigenvalue weighted by Crippen LogP contribution is 2.26. The van der Waals surface area contributed by atoms with E-state index in [9.17, 15) is 9.18 Å².